The minimum atomic E-state index is -1.39. The Labute approximate surface area is 110 Å². The zero-order valence-electron chi connectivity index (χ0n) is 10.3. The van der Waals surface area contributed by atoms with Crippen molar-refractivity contribution in [2.24, 2.45) is 0 Å². The summed E-state index contributed by atoms with van der Waals surface area (Å²) in [4.78, 5) is 21.1. The van der Waals surface area contributed by atoms with Crippen LogP contribution in [0.15, 0.2) is 30.3 Å². The van der Waals surface area contributed by atoms with Crippen LogP contribution >= 0.6 is 0 Å². The molecule has 0 aromatic heterocycles. The fraction of sp³-hybridized carbons (Fsp3) is 0.231. The molecule has 0 heterocycles. The Kier molecular flexibility index (Phi) is 5.23. The van der Waals surface area contributed by atoms with Crippen molar-refractivity contribution in [2.75, 3.05) is 7.11 Å². The topological polar surface area (TPSA) is 93.2 Å². The van der Waals surface area contributed by atoms with E-state index in [9.17, 15) is 14.9 Å². The van der Waals surface area contributed by atoms with Crippen molar-refractivity contribution in [1.29, 1.82) is 5.26 Å². The summed E-state index contributed by atoms with van der Waals surface area (Å²) in [6, 6.07) is 7.32. The fourth-order valence-electron chi connectivity index (χ4n) is 1.41. The van der Waals surface area contributed by atoms with Crippen LogP contribution in [0.3, 0.4) is 0 Å². The van der Waals surface area contributed by atoms with Crippen molar-refractivity contribution >= 4 is 12.0 Å². The van der Waals surface area contributed by atoms with E-state index in [0.717, 1.165) is 12.7 Å². The third kappa shape index (κ3) is 4.24. The van der Waals surface area contributed by atoms with Gasteiger partial charge in [-0.2, -0.15) is 5.26 Å². The predicted molar refractivity (Wildman–Crippen MR) is 67.6 cm³/mol. The SMILES string of the molecule is COC(=O)C(C/C=C/c1ccc(C#N)cc1)[N+](=O)[O-]. The summed E-state index contributed by atoms with van der Waals surface area (Å²) in [5, 5.41) is 19.3. The van der Waals surface area contributed by atoms with Gasteiger partial charge < -0.3 is 4.74 Å². The monoisotopic (exact) mass is 260 g/mol. The van der Waals surface area contributed by atoms with Gasteiger partial charge in [-0.15, -0.1) is 0 Å². The molecule has 0 aliphatic rings. The van der Waals surface area contributed by atoms with Gasteiger partial charge in [-0.1, -0.05) is 24.3 Å². The van der Waals surface area contributed by atoms with Gasteiger partial charge in [0.15, 0.2) is 0 Å². The fourth-order valence-corrected chi connectivity index (χ4v) is 1.41. The number of benzene rings is 1. The summed E-state index contributed by atoms with van der Waals surface area (Å²) >= 11 is 0. The Balaban J connectivity index is 2.68. The molecular weight excluding hydrogens is 248 g/mol. The predicted octanol–water partition coefficient (Wildman–Crippen LogP) is 1.78. The van der Waals surface area contributed by atoms with Gasteiger partial charge in [0.2, 0.25) is 0 Å². The molecule has 0 amide bonds. The lowest BCUT2D eigenvalue weighted by Gasteiger charge is -2.03. The van der Waals surface area contributed by atoms with Crippen LogP contribution in [0.4, 0.5) is 0 Å². The zero-order valence-corrected chi connectivity index (χ0v) is 10.3. The molecule has 6 heteroatoms. The van der Waals surface area contributed by atoms with Crippen LogP contribution in [0.5, 0.6) is 0 Å². The van der Waals surface area contributed by atoms with E-state index in [2.05, 4.69) is 4.74 Å². The Morgan fingerprint density at radius 3 is 2.63 bits per heavy atom. The Morgan fingerprint density at radius 1 is 1.53 bits per heavy atom. The lowest BCUT2D eigenvalue weighted by Crippen LogP contribution is -2.29. The second-order valence-electron chi connectivity index (χ2n) is 3.70. The van der Waals surface area contributed by atoms with Crippen LogP contribution in [0, 0.1) is 21.4 Å². The van der Waals surface area contributed by atoms with E-state index in [1.807, 2.05) is 6.07 Å². The highest BCUT2D eigenvalue weighted by atomic mass is 16.6. The number of carbonyl (C=O) groups is 1. The molecule has 0 radical (unpaired) electrons. The van der Waals surface area contributed by atoms with E-state index in [-0.39, 0.29) is 6.42 Å². The molecule has 0 saturated heterocycles. The first-order valence-corrected chi connectivity index (χ1v) is 5.46. The maximum absolute atomic E-state index is 11.1. The number of rotatable bonds is 5. The number of carbonyl (C=O) groups excluding carboxylic acids is 1. The zero-order chi connectivity index (χ0) is 14.3. The van der Waals surface area contributed by atoms with Crippen LogP contribution < -0.4 is 0 Å². The third-order valence-electron chi connectivity index (χ3n) is 2.44. The second kappa shape index (κ2) is 6.91. The number of nitro groups is 1. The quantitative estimate of drug-likeness (QED) is 0.457. The van der Waals surface area contributed by atoms with Crippen LogP contribution in [-0.2, 0) is 9.53 Å². The number of hydrogen-bond acceptors (Lipinski definition) is 5. The Hall–Kier alpha value is -2.68. The van der Waals surface area contributed by atoms with Crippen molar-refractivity contribution in [2.45, 2.75) is 12.5 Å². The number of esters is 1. The molecule has 0 spiro atoms. The van der Waals surface area contributed by atoms with Crippen LogP contribution in [0.2, 0.25) is 0 Å². The molecule has 0 fully saturated rings. The van der Waals surface area contributed by atoms with Crippen LogP contribution in [-0.4, -0.2) is 24.0 Å². The molecular formula is C13H12N2O4. The third-order valence-corrected chi connectivity index (χ3v) is 2.44. The molecule has 0 aliphatic heterocycles. The highest BCUT2D eigenvalue weighted by Crippen LogP contribution is 2.08. The average Bonchev–Trinajstić information content (AvgIpc) is 2.43. The van der Waals surface area contributed by atoms with Crippen molar-refractivity contribution in [3.63, 3.8) is 0 Å². The van der Waals surface area contributed by atoms with Gasteiger partial charge in [0.1, 0.15) is 0 Å². The molecule has 0 N–H and O–H groups in total. The molecule has 1 unspecified atom stereocenters. The first kappa shape index (κ1) is 14.4. The van der Waals surface area contributed by atoms with E-state index in [0.29, 0.717) is 5.56 Å². The lowest BCUT2D eigenvalue weighted by molar-refractivity contribution is -0.509. The van der Waals surface area contributed by atoms with E-state index in [1.165, 1.54) is 6.08 Å². The van der Waals surface area contributed by atoms with E-state index in [4.69, 9.17) is 5.26 Å². The van der Waals surface area contributed by atoms with Crippen molar-refractivity contribution < 1.29 is 14.5 Å². The minimum Gasteiger partial charge on any atom is -0.464 e. The van der Waals surface area contributed by atoms with Crippen LogP contribution in [0.25, 0.3) is 6.08 Å². The van der Waals surface area contributed by atoms with Crippen molar-refractivity contribution in [3.8, 4) is 6.07 Å². The summed E-state index contributed by atoms with van der Waals surface area (Å²) in [5.41, 5.74) is 1.33. The van der Waals surface area contributed by atoms with Gasteiger partial charge in [0, 0.05) is 11.3 Å². The van der Waals surface area contributed by atoms with Crippen molar-refractivity contribution in [3.05, 3.63) is 51.6 Å². The summed E-state index contributed by atoms with van der Waals surface area (Å²) in [6.07, 6.45) is 3.14. The van der Waals surface area contributed by atoms with Gasteiger partial charge in [0.25, 0.3) is 0 Å². The van der Waals surface area contributed by atoms with E-state index >= 15 is 0 Å². The number of hydrogen-bond donors (Lipinski definition) is 0. The molecule has 1 rings (SSSR count). The van der Waals surface area contributed by atoms with Gasteiger partial charge in [0.05, 0.1) is 18.7 Å². The molecule has 19 heavy (non-hydrogen) atoms. The number of nitrogens with zero attached hydrogens (tertiary/aromatic N) is 2. The second-order valence-corrected chi connectivity index (χ2v) is 3.70. The maximum Gasteiger partial charge on any atom is 0.381 e. The minimum absolute atomic E-state index is 0.0420. The molecule has 0 aliphatic carbocycles. The molecule has 1 aromatic rings. The summed E-state index contributed by atoms with van der Waals surface area (Å²) < 4.78 is 4.36. The van der Waals surface area contributed by atoms with Gasteiger partial charge in [-0.3, -0.25) is 10.1 Å². The lowest BCUT2D eigenvalue weighted by atomic mass is 10.1. The Bertz CT molecular complexity index is 529. The van der Waals surface area contributed by atoms with Gasteiger partial charge in [-0.25, -0.2) is 4.79 Å². The van der Waals surface area contributed by atoms with Crippen LogP contribution in [0.1, 0.15) is 17.5 Å². The normalized spacial score (nSPS) is 11.8. The average molecular weight is 260 g/mol. The molecule has 0 saturated carbocycles. The summed E-state index contributed by atoms with van der Waals surface area (Å²) in [7, 11) is 1.11. The highest BCUT2D eigenvalue weighted by molar-refractivity contribution is 5.74. The van der Waals surface area contributed by atoms with Gasteiger partial charge in [-0.05, 0) is 17.7 Å². The first-order valence-electron chi connectivity index (χ1n) is 5.46. The molecule has 1 aromatic carbocycles. The number of ether oxygens (including phenoxy) is 1. The molecule has 1 atom stereocenters. The molecule has 98 valence electrons. The smallest absolute Gasteiger partial charge is 0.381 e. The van der Waals surface area contributed by atoms with Crippen molar-refractivity contribution in [1.82, 2.24) is 0 Å². The Morgan fingerprint density at radius 2 is 2.16 bits per heavy atom. The number of nitriles is 1. The summed E-state index contributed by atoms with van der Waals surface area (Å²) in [5.74, 6) is -0.866. The molecule has 0 bridgehead atoms. The highest BCUT2D eigenvalue weighted by Gasteiger charge is 2.28. The summed E-state index contributed by atoms with van der Waals surface area (Å²) in [6.45, 7) is 0. The largest absolute Gasteiger partial charge is 0.464 e. The standard InChI is InChI=1S/C13H12N2O4/c1-19-13(16)12(15(17)18)4-2-3-10-5-7-11(9-14)8-6-10/h2-3,5-8,12H,4H2,1H3/b3-2+. The van der Waals surface area contributed by atoms with E-state index < -0.39 is 16.9 Å². The number of methoxy groups -OCH3 is 1. The van der Waals surface area contributed by atoms with E-state index in [1.54, 1.807) is 30.3 Å². The van der Waals surface area contributed by atoms with Gasteiger partial charge >= 0.3 is 12.0 Å². The maximum atomic E-state index is 11.1. The molecule has 6 nitrogen and oxygen atoms in total. The first-order chi connectivity index (χ1) is 9.08.